The zero-order valence-corrected chi connectivity index (χ0v) is 14.8. The first-order chi connectivity index (χ1) is 12.0. The number of carbonyl (C=O) groups is 2. The van der Waals surface area contributed by atoms with Crippen molar-refractivity contribution in [3.8, 4) is 11.5 Å². The highest BCUT2D eigenvalue weighted by molar-refractivity contribution is 5.76. The smallest absolute Gasteiger partial charge is 0.317 e. The molecule has 1 saturated heterocycles. The number of hydrogen-bond acceptors (Lipinski definition) is 4. The molecule has 1 fully saturated rings. The largest absolute Gasteiger partial charge is 0.490 e. The van der Waals surface area contributed by atoms with Crippen LogP contribution in [0.2, 0.25) is 0 Å². The maximum absolute atomic E-state index is 12.5. The molecular weight excluding hydrogens is 322 g/mol. The van der Waals surface area contributed by atoms with Crippen molar-refractivity contribution < 1.29 is 19.1 Å². The highest BCUT2D eigenvalue weighted by Crippen LogP contribution is 2.32. The molecule has 25 heavy (non-hydrogen) atoms. The number of hydrogen-bond donors (Lipinski definition) is 1. The number of nitrogens with one attached hydrogen (secondary N) is 1. The Bertz CT molecular complexity index is 641. The number of carbonyl (C=O) groups excluding carboxylic acids is 2. The van der Waals surface area contributed by atoms with Crippen LogP contribution in [-0.4, -0.2) is 61.1 Å². The number of rotatable bonds is 2. The zero-order valence-electron chi connectivity index (χ0n) is 14.8. The van der Waals surface area contributed by atoms with Crippen molar-refractivity contribution >= 4 is 11.9 Å². The molecule has 1 N–H and O–H groups in total. The van der Waals surface area contributed by atoms with Crippen molar-refractivity contribution in [2.75, 3.05) is 39.4 Å². The van der Waals surface area contributed by atoms with Gasteiger partial charge in [0, 0.05) is 39.5 Å². The van der Waals surface area contributed by atoms with Gasteiger partial charge in [0.05, 0.1) is 19.3 Å². The van der Waals surface area contributed by atoms with Crippen molar-refractivity contribution in [3.63, 3.8) is 0 Å². The second-order valence-electron chi connectivity index (χ2n) is 6.42. The van der Waals surface area contributed by atoms with Gasteiger partial charge in [0.2, 0.25) is 5.91 Å². The van der Waals surface area contributed by atoms with Gasteiger partial charge in [-0.25, -0.2) is 4.79 Å². The molecule has 0 bridgehead atoms. The van der Waals surface area contributed by atoms with E-state index in [0.29, 0.717) is 39.4 Å². The minimum atomic E-state index is -0.143. The molecule has 0 spiro atoms. The van der Waals surface area contributed by atoms with E-state index in [1.54, 1.807) is 16.7 Å². The molecule has 1 aromatic carbocycles. The van der Waals surface area contributed by atoms with Gasteiger partial charge in [-0.3, -0.25) is 4.79 Å². The molecule has 0 saturated carbocycles. The lowest BCUT2D eigenvalue weighted by atomic mass is 10.1. The summed E-state index contributed by atoms with van der Waals surface area (Å²) >= 11 is 0. The molecule has 2 heterocycles. The van der Waals surface area contributed by atoms with Crippen LogP contribution >= 0.6 is 0 Å². The summed E-state index contributed by atoms with van der Waals surface area (Å²) in [6, 6.07) is 5.52. The van der Waals surface area contributed by atoms with E-state index in [1.165, 1.54) is 0 Å². The van der Waals surface area contributed by atoms with E-state index >= 15 is 0 Å². The molecule has 7 heteroatoms. The van der Waals surface area contributed by atoms with Crippen LogP contribution in [0.25, 0.3) is 0 Å². The summed E-state index contributed by atoms with van der Waals surface area (Å²) in [6.45, 7) is 7.08. The quantitative estimate of drug-likeness (QED) is 0.885. The molecule has 2 aliphatic rings. The number of piperazine rings is 1. The van der Waals surface area contributed by atoms with Crippen LogP contribution in [-0.2, 0) is 4.79 Å². The lowest BCUT2D eigenvalue weighted by molar-refractivity contribution is -0.130. The van der Waals surface area contributed by atoms with E-state index in [2.05, 4.69) is 5.32 Å². The van der Waals surface area contributed by atoms with Crippen molar-refractivity contribution in [2.45, 2.75) is 26.3 Å². The van der Waals surface area contributed by atoms with Crippen molar-refractivity contribution in [1.29, 1.82) is 0 Å². The van der Waals surface area contributed by atoms with E-state index in [0.717, 1.165) is 23.5 Å². The van der Waals surface area contributed by atoms with Gasteiger partial charge < -0.3 is 24.6 Å². The summed E-state index contributed by atoms with van der Waals surface area (Å²) in [5.74, 6) is 1.53. The molecule has 7 nitrogen and oxygen atoms in total. The Balaban J connectivity index is 1.58. The molecule has 3 rings (SSSR count). The third kappa shape index (κ3) is 4.15. The number of amides is 3. The van der Waals surface area contributed by atoms with Gasteiger partial charge in [0.1, 0.15) is 0 Å². The maximum Gasteiger partial charge on any atom is 0.317 e. The van der Waals surface area contributed by atoms with E-state index in [4.69, 9.17) is 9.47 Å². The Morgan fingerprint density at radius 3 is 2.36 bits per heavy atom. The van der Waals surface area contributed by atoms with E-state index < -0.39 is 0 Å². The first-order valence-electron chi connectivity index (χ1n) is 8.75. The Hall–Kier alpha value is -2.44. The van der Waals surface area contributed by atoms with E-state index in [-0.39, 0.29) is 18.0 Å². The monoisotopic (exact) mass is 347 g/mol. The van der Waals surface area contributed by atoms with E-state index in [9.17, 15) is 9.59 Å². The minimum absolute atomic E-state index is 0.0561. The lowest BCUT2D eigenvalue weighted by Gasteiger charge is -2.34. The summed E-state index contributed by atoms with van der Waals surface area (Å²) in [5.41, 5.74) is 0.972. The second kappa shape index (κ2) is 7.63. The number of benzene rings is 1. The van der Waals surface area contributed by atoms with Gasteiger partial charge in [-0.15, -0.1) is 0 Å². The highest BCUT2D eigenvalue weighted by Gasteiger charge is 2.23. The minimum Gasteiger partial charge on any atom is -0.490 e. The number of ether oxygens (including phenoxy) is 2. The third-order valence-corrected chi connectivity index (χ3v) is 4.62. The fourth-order valence-electron chi connectivity index (χ4n) is 3.03. The topological polar surface area (TPSA) is 71.1 Å². The maximum atomic E-state index is 12.5. The zero-order chi connectivity index (χ0) is 17.8. The van der Waals surface area contributed by atoms with Crippen molar-refractivity contribution in [1.82, 2.24) is 15.1 Å². The third-order valence-electron chi connectivity index (χ3n) is 4.62. The second-order valence-corrected chi connectivity index (χ2v) is 6.42. The van der Waals surface area contributed by atoms with Crippen LogP contribution < -0.4 is 14.8 Å². The SMILES string of the molecule is CC(=O)N1CCN(C(=O)NC(C)c2ccc3c(c2)OCCCO3)CC1. The van der Waals surface area contributed by atoms with Crippen LogP contribution in [0, 0.1) is 0 Å². The fraction of sp³-hybridized carbons (Fsp3) is 0.556. The summed E-state index contributed by atoms with van der Waals surface area (Å²) < 4.78 is 11.3. The standard InChI is InChI=1S/C18H25N3O4/c1-13(15-4-5-16-17(12-15)25-11-3-10-24-16)19-18(23)21-8-6-20(7-9-21)14(2)22/h4-5,12-13H,3,6-11H2,1-2H3,(H,19,23). The fourth-order valence-corrected chi connectivity index (χ4v) is 3.03. The first-order valence-corrected chi connectivity index (χ1v) is 8.75. The van der Waals surface area contributed by atoms with Crippen molar-refractivity contribution in [3.05, 3.63) is 23.8 Å². The van der Waals surface area contributed by atoms with Crippen LogP contribution in [0.3, 0.4) is 0 Å². The van der Waals surface area contributed by atoms with Gasteiger partial charge in [-0.1, -0.05) is 6.07 Å². The Labute approximate surface area is 147 Å². The van der Waals surface area contributed by atoms with Gasteiger partial charge in [0.15, 0.2) is 11.5 Å². The van der Waals surface area contributed by atoms with Crippen LogP contribution in [0.4, 0.5) is 4.79 Å². The summed E-state index contributed by atoms with van der Waals surface area (Å²) in [7, 11) is 0. The molecule has 1 atom stereocenters. The molecule has 0 aliphatic carbocycles. The normalized spacial score (nSPS) is 18.3. The molecular formula is C18H25N3O4. The predicted molar refractivity (Wildman–Crippen MR) is 92.8 cm³/mol. The van der Waals surface area contributed by atoms with Crippen LogP contribution in [0.15, 0.2) is 18.2 Å². The average Bonchev–Trinajstić information content (AvgIpc) is 2.86. The number of nitrogens with zero attached hydrogens (tertiary/aromatic N) is 2. The molecule has 0 radical (unpaired) electrons. The lowest BCUT2D eigenvalue weighted by Crippen LogP contribution is -2.53. The highest BCUT2D eigenvalue weighted by atomic mass is 16.5. The molecule has 1 unspecified atom stereocenters. The van der Waals surface area contributed by atoms with Crippen LogP contribution in [0.1, 0.15) is 31.9 Å². The molecule has 3 amide bonds. The van der Waals surface area contributed by atoms with Gasteiger partial charge in [-0.05, 0) is 24.6 Å². The summed E-state index contributed by atoms with van der Waals surface area (Å²) in [6.07, 6.45) is 0.864. The Kier molecular flexibility index (Phi) is 5.31. The molecule has 1 aromatic rings. The van der Waals surface area contributed by atoms with Crippen molar-refractivity contribution in [2.24, 2.45) is 0 Å². The van der Waals surface area contributed by atoms with Gasteiger partial charge in [-0.2, -0.15) is 0 Å². The van der Waals surface area contributed by atoms with E-state index in [1.807, 2.05) is 25.1 Å². The summed E-state index contributed by atoms with van der Waals surface area (Å²) in [4.78, 5) is 27.3. The first kappa shape index (κ1) is 17.4. The Morgan fingerprint density at radius 1 is 1.04 bits per heavy atom. The molecule has 136 valence electrons. The van der Waals surface area contributed by atoms with Crippen LogP contribution in [0.5, 0.6) is 11.5 Å². The van der Waals surface area contributed by atoms with Gasteiger partial charge in [0.25, 0.3) is 0 Å². The average molecular weight is 347 g/mol. The molecule has 0 aromatic heterocycles. The Morgan fingerprint density at radius 2 is 1.68 bits per heavy atom. The number of fused-ring (bicyclic) bond motifs is 1. The van der Waals surface area contributed by atoms with Gasteiger partial charge >= 0.3 is 6.03 Å². The molecule has 2 aliphatic heterocycles. The number of urea groups is 1. The summed E-state index contributed by atoms with van der Waals surface area (Å²) in [5, 5.41) is 3.02. The predicted octanol–water partition coefficient (Wildman–Crippen LogP) is 1.78.